The summed E-state index contributed by atoms with van der Waals surface area (Å²) in [6, 6.07) is 0. The van der Waals surface area contributed by atoms with Gasteiger partial charge in [0.05, 0.1) is 5.91 Å². The third-order valence-electron chi connectivity index (χ3n) is 1.46. The van der Waals surface area contributed by atoms with Crippen LogP contribution in [0.4, 0.5) is 0 Å². The molecule has 1 saturated heterocycles. The molecule has 1 heterocycles. The summed E-state index contributed by atoms with van der Waals surface area (Å²) in [5.74, 6) is -0.0255. The molecule has 49 valence electrons. The summed E-state index contributed by atoms with van der Waals surface area (Å²) in [6.07, 6.45) is 2.31. The molecule has 0 aliphatic carbocycles. The van der Waals surface area contributed by atoms with E-state index >= 15 is 0 Å². The van der Waals surface area contributed by atoms with Gasteiger partial charge in [-0.1, -0.05) is 0 Å². The molecule has 1 radical (unpaired) electrons. The number of carbonyl (C=O) groups is 1. The molecule has 1 aliphatic heterocycles. The van der Waals surface area contributed by atoms with Gasteiger partial charge < -0.3 is 16.6 Å². The first kappa shape index (κ1) is 9.44. The van der Waals surface area contributed by atoms with Gasteiger partial charge >= 0.3 is 0 Å². The molecule has 0 spiro atoms. The first-order valence-corrected chi connectivity index (χ1v) is 2.91. The summed E-state index contributed by atoms with van der Waals surface area (Å²) in [6.45, 7) is 5.15. The zero-order valence-corrected chi connectivity index (χ0v) is 8.31. The Balaban J connectivity index is 0.000000640. The Hall–Kier alpha value is 0.444. The van der Waals surface area contributed by atoms with Gasteiger partial charge in [-0.3, -0.25) is 0 Å². The van der Waals surface area contributed by atoms with Gasteiger partial charge in [0.15, 0.2) is 0 Å². The molecule has 9 heavy (non-hydrogen) atoms. The Morgan fingerprint density at radius 3 is 2.00 bits per heavy atom. The third-order valence-corrected chi connectivity index (χ3v) is 1.46. The zero-order chi connectivity index (χ0) is 5.98. The first-order chi connectivity index (χ1) is 3.80. The summed E-state index contributed by atoms with van der Waals surface area (Å²) < 4.78 is 0. The van der Waals surface area contributed by atoms with Crippen molar-refractivity contribution in [1.82, 2.24) is 4.90 Å². The summed E-state index contributed by atoms with van der Waals surface area (Å²) in [5, 5.41) is 0. The molecule has 2 nitrogen and oxygen atoms in total. The number of amides is 1. The number of carbonyl (C=O) groups excluding carboxylic acids is 1. The van der Waals surface area contributed by atoms with Gasteiger partial charge in [-0.25, -0.2) is 0 Å². The summed E-state index contributed by atoms with van der Waals surface area (Å²) in [7, 11) is 0. The first-order valence-electron chi connectivity index (χ1n) is 2.91. The minimum atomic E-state index is -0.0255. The van der Waals surface area contributed by atoms with Crippen LogP contribution in [0.25, 0.3) is 0 Å². The summed E-state index contributed by atoms with van der Waals surface area (Å²) in [4.78, 5) is 12.2. The number of nitrogens with zero attached hydrogens (tertiary/aromatic N) is 1. The van der Waals surface area contributed by atoms with Crippen LogP contribution < -0.4 is 0 Å². The molecular weight excluding hydrogens is 191 g/mol. The maximum Gasteiger partial charge on any atom is 0.0823 e. The molecule has 3 heteroatoms. The second-order valence-electron chi connectivity index (χ2n) is 2.09. The molecule has 0 saturated carbocycles. The van der Waals surface area contributed by atoms with Crippen LogP contribution in [-0.4, -0.2) is 23.9 Å². The standard InChI is InChI=1S/C6H10NO.Y/c1-6(8)7-4-2-3-5-7;/h1-5H2;/q-1;. The molecule has 0 aromatic carbocycles. The van der Waals surface area contributed by atoms with Crippen molar-refractivity contribution in [3.63, 3.8) is 0 Å². The van der Waals surface area contributed by atoms with Crippen molar-refractivity contribution in [2.24, 2.45) is 0 Å². The molecule has 0 unspecified atom stereocenters. The van der Waals surface area contributed by atoms with Crippen molar-refractivity contribution < 1.29 is 37.5 Å². The van der Waals surface area contributed by atoms with Gasteiger partial charge in [-0.2, -0.15) is 0 Å². The monoisotopic (exact) mass is 201 g/mol. The van der Waals surface area contributed by atoms with Crippen molar-refractivity contribution in [2.45, 2.75) is 12.8 Å². The van der Waals surface area contributed by atoms with E-state index in [0.29, 0.717) is 0 Å². The molecule has 0 aromatic rings. The Labute approximate surface area is 80.9 Å². The summed E-state index contributed by atoms with van der Waals surface area (Å²) in [5.41, 5.74) is 0. The van der Waals surface area contributed by atoms with Crippen LogP contribution in [-0.2, 0) is 37.5 Å². The molecule has 0 bridgehead atoms. The Morgan fingerprint density at radius 1 is 1.33 bits per heavy atom. The SMILES string of the molecule is [CH2-]C(=O)N1CCCC1.[Y]. The number of rotatable bonds is 0. The van der Waals surface area contributed by atoms with Gasteiger partial charge in [-0.05, 0) is 12.8 Å². The third kappa shape index (κ3) is 2.68. The van der Waals surface area contributed by atoms with E-state index in [4.69, 9.17) is 0 Å². The van der Waals surface area contributed by atoms with Gasteiger partial charge in [0, 0.05) is 45.8 Å². The molecule has 0 atom stereocenters. The van der Waals surface area contributed by atoms with Crippen LogP contribution in [0.1, 0.15) is 12.8 Å². The minimum absolute atomic E-state index is 0. The Kier molecular flexibility index (Phi) is 4.50. The maximum atomic E-state index is 10.5. The maximum absolute atomic E-state index is 10.5. The van der Waals surface area contributed by atoms with Gasteiger partial charge in [-0.15, -0.1) is 0 Å². The van der Waals surface area contributed by atoms with E-state index in [-0.39, 0.29) is 38.6 Å². The van der Waals surface area contributed by atoms with E-state index in [9.17, 15) is 4.79 Å². The van der Waals surface area contributed by atoms with Gasteiger partial charge in [0.25, 0.3) is 0 Å². The molecule has 0 aromatic heterocycles. The fraction of sp³-hybridized carbons (Fsp3) is 0.667. The van der Waals surface area contributed by atoms with E-state index in [0.717, 1.165) is 25.9 Å². The molecule has 1 amide bonds. The van der Waals surface area contributed by atoms with Crippen LogP contribution in [0.3, 0.4) is 0 Å². The van der Waals surface area contributed by atoms with Crippen LogP contribution >= 0.6 is 0 Å². The molecular formula is C6H10NOY-. The van der Waals surface area contributed by atoms with Crippen molar-refractivity contribution >= 4 is 5.91 Å². The van der Waals surface area contributed by atoms with Crippen molar-refractivity contribution in [3.8, 4) is 0 Å². The Bertz CT molecular complexity index is 99.2. The van der Waals surface area contributed by atoms with Crippen LogP contribution in [0.2, 0.25) is 0 Å². The van der Waals surface area contributed by atoms with Crippen molar-refractivity contribution in [2.75, 3.05) is 13.1 Å². The van der Waals surface area contributed by atoms with E-state index in [1.807, 2.05) is 0 Å². The fourth-order valence-electron chi connectivity index (χ4n) is 0.967. The number of likely N-dealkylation sites (tertiary alicyclic amines) is 1. The average molecular weight is 201 g/mol. The van der Waals surface area contributed by atoms with E-state index in [2.05, 4.69) is 6.92 Å². The quantitative estimate of drug-likeness (QED) is 0.521. The predicted molar refractivity (Wildman–Crippen MR) is 31.2 cm³/mol. The normalized spacial score (nSPS) is 17.1. The van der Waals surface area contributed by atoms with Gasteiger partial charge in [0.2, 0.25) is 0 Å². The second-order valence-corrected chi connectivity index (χ2v) is 2.09. The fourth-order valence-corrected chi connectivity index (χ4v) is 0.967. The number of hydrogen-bond acceptors (Lipinski definition) is 1. The van der Waals surface area contributed by atoms with Crippen molar-refractivity contribution in [1.29, 1.82) is 0 Å². The molecule has 1 fully saturated rings. The summed E-state index contributed by atoms with van der Waals surface area (Å²) >= 11 is 0. The molecule has 1 rings (SSSR count). The predicted octanol–water partition coefficient (Wildman–Crippen LogP) is 0.440. The van der Waals surface area contributed by atoms with E-state index in [1.54, 1.807) is 4.90 Å². The topological polar surface area (TPSA) is 20.3 Å². The van der Waals surface area contributed by atoms with Crippen LogP contribution in [0.5, 0.6) is 0 Å². The Morgan fingerprint density at radius 2 is 1.78 bits per heavy atom. The molecule has 0 N–H and O–H groups in total. The molecule has 1 aliphatic rings. The van der Waals surface area contributed by atoms with Crippen LogP contribution in [0, 0.1) is 6.92 Å². The van der Waals surface area contributed by atoms with E-state index < -0.39 is 0 Å². The number of hydrogen-bond donors (Lipinski definition) is 0. The smallest absolute Gasteiger partial charge is 0.0823 e. The minimum Gasteiger partial charge on any atom is -0.368 e. The van der Waals surface area contributed by atoms with E-state index in [1.165, 1.54) is 0 Å². The van der Waals surface area contributed by atoms with Crippen molar-refractivity contribution in [3.05, 3.63) is 6.92 Å². The average Bonchev–Trinajstić information content (AvgIpc) is 2.12. The zero-order valence-electron chi connectivity index (χ0n) is 5.47. The van der Waals surface area contributed by atoms with Gasteiger partial charge in [0.1, 0.15) is 0 Å². The van der Waals surface area contributed by atoms with Crippen LogP contribution in [0.15, 0.2) is 0 Å². The largest absolute Gasteiger partial charge is 0.368 e. The second kappa shape index (κ2) is 4.29.